The van der Waals surface area contributed by atoms with E-state index in [4.69, 9.17) is 0 Å². The van der Waals surface area contributed by atoms with Gasteiger partial charge in [-0.25, -0.2) is 4.98 Å². The minimum Gasteiger partial charge on any atom is -0.343 e. The van der Waals surface area contributed by atoms with Gasteiger partial charge in [0.25, 0.3) is 0 Å². The number of aryl methyl sites for hydroxylation is 3. The monoisotopic (exact) mass is 240 g/mol. The summed E-state index contributed by atoms with van der Waals surface area (Å²) in [4.78, 5) is 7.36. The van der Waals surface area contributed by atoms with Gasteiger partial charge in [-0.1, -0.05) is 30.3 Å². The van der Waals surface area contributed by atoms with Crippen LogP contribution in [0.3, 0.4) is 0 Å². The molecule has 2 nitrogen and oxygen atoms in total. The molecular weight excluding hydrogens is 220 g/mol. The number of H-pyrrole nitrogens is 1. The molecule has 0 aliphatic rings. The molecule has 1 aromatic heterocycles. The van der Waals surface area contributed by atoms with Crippen LogP contribution in [-0.2, 0) is 6.42 Å². The predicted molar refractivity (Wildman–Crippen MR) is 76.5 cm³/mol. The molecule has 1 N–H and O–H groups in total. The van der Waals surface area contributed by atoms with Crippen molar-refractivity contribution >= 4 is 6.08 Å². The third-order valence-corrected chi connectivity index (χ3v) is 3.10. The Morgan fingerprint density at radius 2 is 2.06 bits per heavy atom. The zero-order valence-electron chi connectivity index (χ0n) is 11.1. The largest absolute Gasteiger partial charge is 0.343 e. The van der Waals surface area contributed by atoms with Crippen LogP contribution in [0.2, 0.25) is 0 Å². The van der Waals surface area contributed by atoms with Gasteiger partial charge >= 0.3 is 0 Å². The number of nitrogens with zero attached hydrogens (tertiary/aromatic N) is 1. The average Bonchev–Trinajstić information content (AvgIpc) is 2.77. The number of aromatic amines is 1. The number of unbranched alkanes of at least 4 members (excludes halogenated alkanes) is 1. The highest BCUT2D eigenvalue weighted by molar-refractivity contribution is 5.43. The molecule has 0 bridgehead atoms. The maximum Gasteiger partial charge on any atom is 0.103 e. The summed E-state index contributed by atoms with van der Waals surface area (Å²) in [6.45, 7) is 4.15. The third-order valence-electron chi connectivity index (χ3n) is 3.10. The van der Waals surface area contributed by atoms with Crippen LogP contribution in [0.25, 0.3) is 6.08 Å². The molecule has 1 aromatic carbocycles. The van der Waals surface area contributed by atoms with E-state index in [9.17, 15) is 0 Å². The molecule has 0 fully saturated rings. The molecule has 0 amide bonds. The highest BCUT2D eigenvalue weighted by Gasteiger charge is 1.95. The van der Waals surface area contributed by atoms with Crippen LogP contribution in [0.1, 0.15) is 35.5 Å². The fourth-order valence-corrected chi connectivity index (χ4v) is 2.04. The maximum atomic E-state index is 4.17. The lowest BCUT2D eigenvalue weighted by molar-refractivity contribution is 0.839. The fourth-order valence-electron chi connectivity index (χ4n) is 2.04. The standard InChI is InChI=1S/C16H20N2/c1-13-8-6-7-10-15(13)9-4-3-5-11-16-12-17-14(2)18-16/h5-8,10-12H,3-4,9H2,1-2H3,(H,17,18). The van der Waals surface area contributed by atoms with Crippen molar-refractivity contribution in [2.24, 2.45) is 0 Å². The van der Waals surface area contributed by atoms with Gasteiger partial charge in [0.2, 0.25) is 0 Å². The van der Waals surface area contributed by atoms with Crippen LogP contribution in [0.4, 0.5) is 0 Å². The fraction of sp³-hybridized carbons (Fsp3) is 0.312. The first-order chi connectivity index (χ1) is 8.75. The van der Waals surface area contributed by atoms with Gasteiger partial charge in [0.1, 0.15) is 5.82 Å². The number of nitrogens with one attached hydrogen (secondary N) is 1. The quantitative estimate of drug-likeness (QED) is 0.784. The van der Waals surface area contributed by atoms with E-state index >= 15 is 0 Å². The first kappa shape index (κ1) is 12.6. The summed E-state index contributed by atoms with van der Waals surface area (Å²) < 4.78 is 0. The number of hydrogen-bond donors (Lipinski definition) is 1. The number of hydrogen-bond acceptors (Lipinski definition) is 1. The summed E-state index contributed by atoms with van der Waals surface area (Å²) in [5, 5.41) is 0. The van der Waals surface area contributed by atoms with Crippen molar-refractivity contribution in [1.29, 1.82) is 0 Å². The topological polar surface area (TPSA) is 28.7 Å². The van der Waals surface area contributed by atoms with Crippen molar-refractivity contribution in [3.05, 3.63) is 59.2 Å². The van der Waals surface area contributed by atoms with Crippen LogP contribution >= 0.6 is 0 Å². The van der Waals surface area contributed by atoms with Gasteiger partial charge < -0.3 is 4.98 Å². The highest BCUT2D eigenvalue weighted by atomic mass is 14.9. The Hall–Kier alpha value is -1.83. The molecule has 0 aliphatic carbocycles. The van der Waals surface area contributed by atoms with Crippen LogP contribution in [0.15, 0.2) is 36.5 Å². The number of benzene rings is 1. The molecular formula is C16H20N2. The Labute approximate surface area is 109 Å². The average molecular weight is 240 g/mol. The molecule has 1 heterocycles. The zero-order valence-corrected chi connectivity index (χ0v) is 11.1. The number of imidazole rings is 1. The first-order valence-corrected chi connectivity index (χ1v) is 6.48. The molecule has 0 aliphatic heterocycles. The van der Waals surface area contributed by atoms with Gasteiger partial charge in [-0.2, -0.15) is 0 Å². The van der Waals surface area contributed by atoms with E-state index in [0.29, 0.717) is 0 Å². The molecule has 18 heavy (non-hydrogen) atoms. The zero-order chi connectivity index (χ0) is 12.8. The van der Waals surface area contributed by atoms with E-state index in [-0.39, 0.29) is 0 Å². The maximum absolute atomic E-state index is 4.17. The third kappa shape index (κ3) is 3.59. The number of rotatable bonds is 5. The first-order valence-electron chi connectivity index (χ1n) is 6.48. The second-order valence-corrected chi connectivity index (χ2v) is 4.65. The van der Waals surface area contributed by atoms with Gasteiger partial charge in [-0.05, 0) is 50.3 Å². The van der Waals surface area contributed by atoms with E-state index in [2.05, 4.69) is 53.3 Å². The van der Waals surface area contributed by atoms with Crippen LogP contribution in [-0.4, -0.2) is 9.97 Å². The Morgan fingerprint density at radius 1 is 1.22 bits per heavy atom. The molecule has 0 saturated carbocycles. The number of aromatic nitrogens is 2. The summed E-state index contributed by atoms with van der Waals surface area (Å²) in [6, 6.07) is 8.61. The van der Waals surface area contributed by atoms with Crippen molar-refractivity contribution in [2.75, 3.05) is 0 Å². The Morgan fingerprint density at radius 3 is 2.78 bits per heavy atom. The van der Waals surface area contributed by atoms with Crippen LogP contribution < -0.4 is 0 Å². The van der Waals surface area contributed by atoms with Crippen molar-refractivity contribution in [1.82, 2.24) is 9.97 Å². The summed E-state index contributed by atoms with van der Waals surface area (Å²) in [5.74, 6) is 0.967. The van der Waals surface area contributed by atoms with E-state index in [1.807, 2.05) is 13.1 Å². The molecule has 2 rings (SSSR count). The summed E-state index contributed by atoms with van der Waals surface area (Å²) in [6.07, 6.45) is 9.64. The minimum absolute atomic E-state index is 0.967. The van der Waals surface area contributed by atoms with E-state index < -0.39 is 0 Å². The lowest BCUT2D eigenvalue weighted by Crippen LogP contribution is -1.88. The molecule has 2 heteroatoms. The van der Waals surface area contributed by atoms with Crippen molar-refractivity contribution in [3.63, 3.8) is 0 Å². The van der Waals surface area contributed by atoms with Crippen molar-refractivity contribution < 1.29 is 0 Å². The molecule has 0 unspecified atom stereocenters. The molecule has 2 aromatic rings. The smallest absolute Gasteiger partial charge is 0.103 e. The molecule has 0 saturated heterocycles. The van der Waals surface area contributed by atoms with Crippen molar-refractivity contribution in [3.8, 4) is 0 Å². The Balaban J connectivity index is 1.76. The van der Waals surface area contributed by atoms with Gasteiger partial charge in [-0.3, -0.25) is 0 Å². The summed E-state index contributed by atoms with van der Waals surface area (Å²) in [7, 11) is 0. The van der Waals surface area contributed by atoms with Gasteiger partial charge in [0.15, 0.2) is 0 Å². The minimum atomic E-state index is 0.967. The lowest BCUT2D eigenvalue weighted by atomic mass is 10.0. The van der Waals surface area contributed by atoms with Gasteiger partial charge in [-0.15, -0.1) is 0 Å². The van der Waals surface area contributed by atoms with E-state index in [1.54, 1.807) is 0 Å². The lowest BCUT2D eigenvalue weighted by Gasteiger charge is -2.03. The summed E-state index contributed by atoms with van der Waals surface area (Å²) >= 11 is 0. The number of allylic oxidation sites excluding steroid dienone is 1. The SMILES string of the molecule is Cc1ncc(C=CCCCc2ccccc2C)[nH]1. The second kappa shape index (κ2) is 6.20. The van der Waals surface area contributed by atoms with Crippen LogP contribution in [0, 0.1) is 13.8 Å². The van der Waals surface area contributed by atoms with Crippen LogP contribution in [0.5, 0.6) is 0 Å². The second-order valence-electron chi connectivity index (χ2n) is 4.65. The molecule has 0 radical (unpaired) electrons. The van der Waals surface area contributed by atoms with Gasteiger partial charge in [0, 0.05) is 0 Å². The summed E-state index contributed by atoms with van der Waals surface area (Å²) in [5.41, 5.74) is 3.94. The highest BCUT2D eigenvalue weighted by Crippen LogP contribution is 2.11. The molecule has 94 valence electrons. The van der Waals surface area contributed by atoms with Crippen molar-refractivity contribution in [2.45, 2.75) is 33.1 Å². The Kier molecular flexibility index (Phi) is 4.35. The normalized spacial score (nSPS) is 11.2. The van der Waals surface area contributed by atoms with E-state index in [0.717, 1.165) is 24.4 Å². The van der Waals surface area contributed by atoms with E-state index in [1.165, 1.54) is 17.5 Å². The Bertz CT molecular complexity index is 523. The molecule has 0 spiro atoms. The van der Waals surface area contributed by atoms with Gasteiger partial charge in [0.05, 0.1) is 11.9 Å². The predicted octanol–water partition coefficient (Wildman–Crippen LogP) is 4.06. The molecule has 0 atom stereocenters.